The summed E-state index contributed by atoms with van der Waals surface area (Å²) < 4.78 is 13.6. The van der Waals surface area contributed by atoms with Gasteiger partial charge < -0.3 is 5.32 Å². The summed E-state index contributed by atoms with van der Waals surface area (Å²) in [7, 11) is 0. The Labute approximate surface area is 131 Å². The highest BCUT2D eigenvalue weighted by atomic mass is 35.5. The van der Waals surface area contributed by atoms with Crippen molar-refractivity contribution in [2.75, 3.05) is 19.6 Å². The van der Waals surface area contributed by atoms with Gasteiger partial charge in [0.25, 0.3) is 0 Å². The van der Waals surface area contributed by atoms with Crippen molar-refractivity contribution in [1.82, 2.24) is 10.2 Å². The van der Waals surface area contributed by atoms with Crippen LogP contribution in [0, 0.1) is 11.7 Å². The van der Waals surface area contributed by atoms with E-state index in [0.717, 1.165) is 37.7 Å². The van der Waals surface area contributed by atoms with Gasteiger partial charge in [-0.05, 0) is 36.5 Å². The lowest BCUT2D eigenvalue weighted by Gasteiger charge is -2.42. The molecule has 1 N–H and O–H groups in total. The number of benzene rings is 1. The maximum absolute atomic E-state index is 13.6. The van der Waals surface area contributed by atoms with Crippen molar-refractivity contribution in [2.24, 2.45) is 5.92 Å². The fourth-order valence-corrected chi connectivity index (χ4v) is 3.94. The Balaban J connectivity index is 1.69. The molecule has 1 heterocycles. The van der Waals surface area contributed by atoms with E-state index in [-0.39, 0.29) is 10.8 Å². The molecule has 0 bridgehead atoms. The number of nitrogens with zero attached hydrogens (tertiary/aromatic N) is 1. The Morgan fingerprint density at radius 1 is 1.24 bits per heavy atom. The molecule has 0 spiro atoms. The molecule has 2 nitrogen and oxygen atoms in total. The lowest BCUT2D eigenvalue weighted by molar-refractivity contribution is 0.0859. The Kier molecular flexibility index (Phi) is 5.15. The molecule has 2 fully saturated rings. The van der Waals surface area contributed by atoms with Gasteiger partial charge in [-0.15, -0.1) is 0 Å². The van der Waals surface area contributed by atoms with Crippen LogP contribution >= 0.6 is 11.6 Å². The van der Waals surface area contributed by atoms with E-state index in [0.29, 0.717) is 6.04 Å². The quantitative estimate of drug-likeness (QED) is 0.912. The van der Waals surface area contributed by atoms with E-state index < -0.39 is 0 Å². The molecular weight excluding hydrogens is 287 g/mol. The lowest BCUT2D eigenvalue weighted by atomic mass is 9.82. The highest BCUT2D eigenvalue weighted by molar-refractivity contribution is 6.30. The zero-order valence-corrected chi connectivity index (χ0v) is 13.2. The van der Waals surface area contributed by atoms with Gasteiger partial charge in [-0.3, -0.25) is 4.90 Å². The Hall–Kier alpha value is -0.640. The average Bonchev–Trinajstić information content (AvgIpc) is 2.52. The summed E-state index contributed by atoms with van der Waals surface area (Å²) in [4.78, 5) is 2.54. The first kappa shape index (κ1) is 15.3. The summed E-state index contributed by atoms with van der Waals surface area (Å²) in [6.07, 6.45) is 6.81. The summed E-state index contributed by atoms with van der Waals surface area (Å²) in [6, 6.07) is 5.80. The van der Waals surface area contributed by atoms with Gasteiger partial charge in [-0.2, -0.15) is 0 Å². The summed E-state index contributed by atoms with van der Waals surface area (Å²) in [5.41, 5.74) is 1.03. The van der Waals surface area contributed by atoms with Crippen LogP contribution in [-0.2, 0) is 6.54 Å². The summed E-state index contributed by atoms with van der Waals surface area (Å²) >= 11 is 5.78. The topological polar surface area (TPSA) is 15.3 Å². The molecule has 0 radical (unpaired) electrons. The van der Waals surface area contributed by atoms with Gasteiger partial charge in [-0.1, -0.05) is 36.9 Å². The van der Waals surface area contributed by atoms with Gasteiger partial charge in [0.2, 0.25) is 0 Å². The number of halogens is 2. The molecule has 1 aliphatic heterocycles. The minimum absolute atomic E-state index is 0.211. The number of nitrogens with one attached hydrogen (secondary N) is 1. The van der Waals surface area contributed by atoms with E-state index in [1.165, 1.54) is 32.1 Å². The molecule has 3 rings (SSSR count). The van der Waals surface area contributed by atoms with Crippen molar-refractivity contribution in [3.8, 4) is 0 Å². The van der Waals surface area contributed by atoms with Crippen molar-refractivity contribution in [3.63, 3.8) is 0 Å². The van der Waals surface area contributed by atoms with Crippen molar-refractivity contribution < 1.29 is 4.39 Å². The molecule has 1 saturated heterocycles. The molecule has 1 unspecified atom stereocenters. The molecule has 1 saturated carbocycles. The maximum Gasteiger partial charge on any atom is 0.142 e. The minimum atomic E-state index is -0.307. The van der Waals surface area contributed by atoms with Crippen molar-refractivity contribution >= 4 is 11.6 Å². The fourth-order valence-electron chi connectivity index (χ4n) is 3.82. The fraction of sp³-hybridized carbons (Fsp3) is 0.647. The minimum Gasteiger partial charge on any atom is -0.314 e. The normalized spacial score (nSPS) is 25.1. The number of hydrogen-bond donors (Lipinski definition) is 1. The van der Waals surface area contributed by atoms with Gasteiger partial charge in [0.1, 0.15) is 5.82 Å². The first-order valence-corrected chi connectivity index (χ1v) is 8.50. The van der Waals surface area contributed by atoms with Crippen LogP contribution in [0.1, 0.15) is 37.7 Å². The third-order valence-corrected chi connectivity index (χ3v) is 5.27. The average molecular weight is 311 g/mol. The van der Waals surface area contributed by atoms with Crippen LogP contribution in [0.25, 0.3) is 0 Å². The van der Waals surface area contributed by atoms with Crippen LogP contribution in [0.2, 0.25) is 5.02 Å². The summed E-state index contributed by atoms with van der Waals surface area (Å²) in [6.45, 7) is 3.97. The van der Waals surface area contributed by atoms with Crippen LogP contribution in [0.4, 0.5) is 4.39 Å². The van der Waals surface area contributed by atoms with Crippen molar-refractivity contribution in [3.05, 3.63) is 34.6 Å². The third kappa shape index (κ3) is 3.77. The predicted octanol–water partition coefficient (Wildman–Crippen LogP) is 3.83. The first-order valence-electron chi connectivity index (χ1n) is 8.13. The largest absolute Gasteiger partial charge is 0.314 e. The molecule has 1 aliphatic carbocycles. The number of hydrogen-bond acceptors (Lipinski definition) is 2. The first-order chi connectivity index (χ1) is 10.2. The van der Waals surface area contributed by atoms with E-state index in [1.807, 2.05) is 6.07 Å². The van der Waals surface area contributed by atoms with E-state index >= 15 is 0 Å². The molecule has 116 valence electrons. The van der Waals surface area contributed by atoms with E-state index in [9.17, 15) is 4.39 Å². The molecule has 4 heteroatoms. The number of rotatable bonds is 3. The smallest absolute Gasteiger partial charge is 0.142 e. The van der Waals surface area contributed by atoms with Crippen LogP contribution in [0.5, 0.6) is 0 Å². The van der Waals surface area contributed by atoms with Gasteiger partial charge in [-0.25, -0.2) is 4.39 Å². The summed E-state index contributed by atoms with van der Waals surface area (Å²) in [5, 5.41) is 3.74. The highest BCUT2D eigenvalue weighted by Crippen LogP contribution is 2.30. The van der Waals surface area contributed by atoms with E-state index in [4.69, 9.17) is 11.6 Å². The molecular formula is C17H24ClFN2. The van der Waals surface area contributed by atoms with E-state index in [1.54, 1.807) is 12.1 Å². The SMILES string of the molecule is Fc1cc(CN2CCNCC2C2CCCCC2)ccc1Cl. The zero-order chi connectivity index (χ0) is 14.7. The third-order valence-electron chi connectivity index (χ3n) is 4.96. The number of piperazine rings is 1. The van der Waals surface area contributed by atoms with Crippen LogP contribution in [-0.4, -0.2) is 30.6 Å². The van der Waals surface area contributed by atoms with Crippen molar-refractivity contribution in [1.29, 1.82) is 0 Å². The Bertz CT molecular complexity index is 474. The Morgan fingerprint density at radius 2 is 2.05 bits per heavy atom. The molecule has 1 atom stereocenters. The molecule has 1 aromatic carbocycles. The van der Waals surface area contributed by atoms with Gasteiger partial charge in [0.05, 0.1) is 5.02 Å². The Morgan fingerprint density at radius 3 is 2.81 bits per heavy atom. The highest BCUT2D eigenvalue weighted by Gasteiger charge is 2.30. The van der Waals surface area contributed by atoms with Crippen LogP contribution in [0.3, 0.4) is 0 Å². The molecule has 1 aromatic rings. The maximum atomic E-state index is 13.6. The monoisotopic (exact) mass is 310 g/mol. The second-order valence-corrected chi connectivity index (χ2v) is 6.80. The zero-order valence-electron chi connectivity index (χ0n) is 12.5. The van der Waals surface area contributed by atoms with Crippen LogP contribution in [0.15, 0.2) is 18.2 Å². The predicted molar refractivity (Wildman–Crippen MR) is 85.1 cm³/mol. The second kappa shape index (κ2) is 7.08. The van der Waals surface area contributed by atoms with Crippen LogP contribution < -0.4 is 5.32 Å². The molecule has 0 aromatic heterocycles. The van der Waals surface area contributed by atoms with Gasteiger partial charge >= 0.3 is 0 Å². The second-order valence-electron chi connectivity index (χ2n) is 6.39. The van der Waals surface area contributed by atoms with Gasteiger partial charge in [0.15, 0.2) is 0 Å². The molecule has 0 amide bonds. The van der Waals surface area contributed by atoms with Gasteiger partial charge in [0, 0.05) is 32.2 Å². The van der Waals surface area contributed by atoms with E-state index in [2.05, 4.69) is 10.2 Å². The standard InChI is InChI=1S/C17H24ClFN2/c18-15-7-6-13(10-16(15)19)12-21-9-8-20-11-17(21)14-4-2-1-3-5-14/h6-7,10,14,17,20H,1-5,8-9,11-12H2. The van der Waals surface area contributed by atoms with Crippen molar-refractivity contribution in [2.45, 2.75) is 44.7 Å². The molecule has 2 aliphatic rings. The lowest BCUT2D eigenvalue weighted by Crippen LogP contribution is -2.54. The summed E-state index contributed by atoms with van der Waals surface area (Å²) in [5.74, 6) is 0.488. The molecule has 21 heavy (non-hydrogen) atoms.